The van der Waals surface area contributed by atoms with Gasteiger partial charge in [-0.1, -0.05) is 39.0 Å². The van der Waals surface area contributed by atoms with Crippen molar-refractivity contribution in [2.75, 3.05) is 5.32 Å². The van der Waals surface area contributed by atoms with E-state index in [1.807, 2.05) is 24.3 Å². The molecule has 0 aliphatic rings. The zero-order chi connectivity index (χ0) is 14.8. The second kappa shape index (κ2) is 5.41. The van der Waals surface area contributed by atoms with Crippen LogP contribution in [0.25, 0.3) is 0 Å². The van der Waals surface area contributed by atoms with Gasteiger partial charge in [-0.15, -0.1) is 0 Å². The average molecular weight is 272 g/mol. The highest BCUT2D eigenvalue weighted by Gasteiger charge is 2.19. The first-order chi connectivity index (χ1) is 9.38. The van der Waals surface area contributed by atoms with E-state index < -0.39 is 5.95 Å². The molecule has 1 N–H and O–H groups in total. The van der Waals surface area contributed by atoms with Gasteiger partial charge in [0.05, 0.1) is 0 Å². The van der Waals surface area contributed by atoms with E-state index in [0.717, 1.165) is 17.3 Å². The Morgan fingerprint density at radius 3 is 2.55 bits per heavy atom. The molecule has 0 bridgehead atoms. The first-order valence-corrected chi connectivity index (χ1v) is 6.40. The maximum absolute atomic E-state index is 13.0. The fourth-order valence-corrected chi connectivity index (χ4v) is 1.98. The molecule has 1 aromatic carbocycles. The summed E-state index contributed by atoms with van der Waals surface area (Å²) in [5.41, 5.74) is 1.93. The van der Waals surface area contributed by atoms with Gasteiger partial charge in [0.2, 0.25) is 5.95 Å². The van der Waals surface area contributed by atoms with Gasteiger partial charge in [0.1, 0.15) is 0 Å². The Morgan fingerprint density at radius 2 is 1.90 bits per heavy atom. The zero-order valence-electron chi connectivity index (χ0n) is 11.8. The molecule has 0 saturated carbocycles. The fourth-order valence-electron chi connectivity index (χ4n) is 1.98. The van der Waals surface area contributed by atoms with E-state index in [9.17, 15) is 9.18 Å². The number of aromatic nitrogens is 1. The maximum atomic E-state index is 13.0. The number of benzene rings is 1. The van der Waals surface area contributed by atoms with Gasteiger partial charge in [-0.05, 0) is 23.1 Å². The smallest absolute Gasteiger partial charge is 0.255 e. The second-order valence-electron chi connectivity index (χ2n) is 5.62. The SMILES string of the molecule is CC(C)(C)c1ccccc1NC(=O)c1ccnc(F)c1. The van der Waals surface area contributed by atoms with Crippen molar-refractivity contribution in [3.8, 4) is 0 Å². The lowest BCUT2D eigenvalue weighted by Gasteiger charge is -2.23. The number of anilines is 1. The van der Waals surface area contributed by atoms with Crippen LogP contribution in [0, 0.1) is 5.95 Å². The number of para-hydroxylation sites is 1. The van der Waals surface area contributed by atoms with E-state index in [1.165, 1.54) is 12.3 Å². The molecule has 1 aromatic heterocycles. The number of nitrogens with zero attached hydrogens (tertiary/aromatic N) is 1. The van der Waals surface area contributed by atoms with Crippen LogP contribution in [0.2, 0.25) is 0 Å². The van der Waals surface area contributed by atoms with Crippen molar-refractivity contribution >= 4 is 11.6 Å². The van der Waals surface area contributed by atoms with E-state index in [1.54, 1.807) is 0 Å². The van der Waals surface area contributed by atoms with Crippen molar-refractivity contribution in [1.82, 2.24) is 4.98 Å². The van der Waals surface area contributed by atoms with Crippen LogP contribution in [0.3, 0.4) is 0 Å². The minimum atomic E-state index is -0.665. The molecule has 2 rings (SSSR count). The Morgan fingerprint density at radius 1 is 1.20 bits per heavy atom. The van der Waals surface area contributed by atoms with Crippen LogP contribution in [0.4, 0.5) is 10.1 Å². The van der Waals surface area contributed by atoms with Gasteiger partial charge in [0.25, 0.3) is 5.91 Å². The molecule has 104 valence electrons. The molecule has 0 fully saturated rings. The molecule has 2 aromatic rings. The van der Waals surface area contributed by atoms with E-state index in [0.29, 0.717) is 0 Å². The van der Waals surface area contributed by atoms with Crippen LogP contribution in [0.1, 0.15) is 36.7 Å². The third-order valence-electron chi connectivity index (χ3n) is 2.97. The quantitative estimate of drug-likeness (QED) is 0.845. The number of nitrogens with one attached hydrogen (secondary N) is 1. The number of halogens is 1. The first kappa shape index (κ1) is 14.2. The standard InChI is InChI=1S/C16H17FN2O/c1-16(2,3)12-6-4-5-7-13(12)19-15(20)11-8-9-18-14(17)10-11/h4-10H,1-3H3,(H,19,20). The molecule has 0 aliphatic carbocycles. The molecule has 0 atom stereocenters. The highest BCUT2D eigenvalue weighted by Crippen LogP contribution is 2.29. The van der Waals surface area contributed by atoms with Crippen molar-refractivity contribution in [2.45, 2.75) is 26.2 Å². The third-order valence-corrected chi connectivity index (χ3v) is 2.97. The molecule has 1 amide bonds. The Bertz CT molecular complexity index is 632. The minimum Gasteiger partial charge on any atom is -0.322 e. The number of rotatable bonds is 2. The number of pyridine rings is 1. The van der Waals surface area contributed by atoms with E-state index in [2.05, 4.69) is 31.1 Å². The summed E-state index contributed by atoms with van der Waals surface area (Å²) >= 11 is 0. The minimum absolute atomic E-state index is 0.0899. The second-order valence-corrected chi connectivity index (χ2v) is 5.62. The van der Waals surface area contributed by atoms with Crippen LogP contribution in [0.15, 0.2) is 42.6 Å². The normalized spacial score (nSPS) is 11.2. The Kier molecular flexibility index (Phi) is 3.84. The molecule has 4 heteroatoms. The summed E-state index contributed by atoms with van der Waals surface area (Å²) in [6.07, 6.45) is 1.28. The largest absolute Gasteiger partial charge is 0.322 e. The van der Waals surface area contributed by atoms with E-state index in [4.69, 9.17) is 0 Å². The van der Waals surface area contributed by atoms with Gasteiger partial charge >= 0.3 is 0 Å². The van der Waals surface area contributed by atoms with Crippen molar-refractivity contribution in [1.29, 1.82) is 0 Å². The van der Waals surface area contributed by atoms with E-state index in [-0.39, 0.29) is 16.9 Å². The summed E-state index contributed by atoms with van der Waals surface area (Å²) in [4.78, 5) is 15.6. The lowest BCUT2D eigenvalue weighted by molar-refractivity contribution is 0.102. The number of carbonyl (C=O) groups is 1. The molecule has 0 saturated heterocycles. The van der Waals surface area contributed by atoms with Crippen molar-refractivity contribution < 1.29 is 9.18 Å². The molecular formula is C16H17FN2O. The monoisotopic (exact) mass is 272 g/mol. The molecule has 1 heterocycles. The molecule has 0 spiro atoms. The van der Waals surface area contributed by atoms with Gasteiger partial charge in [0.15, 0.2) is 0 Å². The summed E-state index contributed by atoms with van der Waals surface area (Å²) < 4.78 is 13.0. The molecule has 0 radical (unpaired) electrons. The molecule has 20 heavy (non-hydrogen) atoms. The lowest BCUT2D eigenvalue weighted by atomic mass is 9.86. The van der Waals surface area contributed by atoms with Crippen LogP contribution < -0.4 is 5.32 Å². The molecule has 3 nitrogen and oxygen atoms in total. The highest BCUT2D eigenvalue weighted by molar-refractivity contribution is 6.04. The van der Waals surface area contributed by atoms with Gasteiger partial charge in [0, 0.05) is 23.5 Å². The number of hydrogen-bond acceptors (Lipinski definition) is 2. The van der Waals surface area contributed by atoms with Crippen LogP contribution in [-0.4, -0.2) is 10.9 Å². The topological polar surface area (TPSA) is 42.0 Å². The Labute approximate surface area is 117 Å². The van der Waals surface area contributed by atoms with Gasteiger partial charge in [-0.25, -0.2) is 4.98 Å². The van der Waals surface area contributed by atoms with Gasteiger partial charge in [-0.3, -0.25) is 4.79 Å². The molecule has 0 aliphatic heterocycles. The number of hydrogen-bond donors (Lipinski definition) is 1. The summed E-state index contributed by atoms with van der Waals surface area (Å²) in [5.74, 6) is -1.01. The summed E-state index contributed by atoms with van der Waals surface area (Å²) in [5, 5.41) is 2.83. The Hall–Kier alpha value is -2.23. The predicted octanol–water partition coefficient (Wildman–Crippen LogP) is 3.77. The highest BCUT2D eigenvalue weighted by atomic mass is 19.1. The summed E-state index contributed by atoms with van der Waals surface area (Å²) in [6, 6.07) is 10.2. The maximum Gasteiger partial charge on any atom is 0.255 e. The van der Waals surface area contributed by atoms with Gasteiger partial charge in [-0.2, -0.15) is 4.39 Å². The van der Waals surface area contributed by atoms with Crippen molar-refractivity contribution in [3.05, 3.63) is 59.7 Å². The fraction of sp³-hybridized carbons (Fsp3) is 0.250. The number of amides is 1. The predicted molar refractivity (Wildman–Crippen MR) is 77.3 cm³/mol. The van der Waals surface area contributed by atoms with Crippen molar-refractivity contribution in [2.24, 2.45) is 0 Å². The van der Waals surface area contributed by atoms with Crippen molar-refractivity contribution in [3.63, 3.8) is 0 Å². The average Bonchev–Trinajstić information content (AvgIpc) is 2.38. The Balaban J connectivity index is 2.29. The summed E-state index contributed by atoms with van der Waals surface area (Å²) in [7, 11) is 0. The van der Waals surface area contributed by atoms with Crippen LogP contribution >= 0.6 is 0 Å². The number of carbonyl (C=O) groups excluding carboxylic acids is 1. The third kappa shape index (κ3) is 3.20. The van der Waals surface area contributed by atoms with Crippen LogP contribution in [-0.2, 0) is 5.41 Å². The molecule has 0 unspecified atom stereocenters. The van der Waals surface area contributed by atoms with E-state index >= 15 is 0 Å². The molecular weight excluding hydrogens is 255 g/mol. The van der Waals surface area contributed by atoms with Crippen LogP contribution in [0.5, 0.6) is 0 Å². The lowest BCUT2D eigenvalue weighted by Crippen LogP contribution is -2.18. The zero-order valence-corrected chi connectivity index (χ0v) is 11.8. The summed E-state index contributed by atoms with van der Waals surface area (Å²) in [6.45, 7) is 6.22. The first-order valence-electron chi connectivity index (χ1n) is 6.40. The van der Waals surface area contributed by atoms with Gasteiger partial charge < -0.3 is 5.32 Å².